The Morgan fingerprint density at radius 2 is 1.04 bits per heavy atom. The van der Waals surface area contributed by atoms with Crippen molar-refractivity contribution in [2.75, 3.05) is 0 Å². The molecule has 0 aliphatic heterocycles. The van der Waals surface area contributed by atoms with Crippen molar-refractivity contribution in [1.82, 2.24) is 0 Å². The third kappa shape index (κ3) is 12.7. The zero-order chi connectivity index (χ0) is 19.6. The minimum Gasteiger partial charge on any atom is -0.300 e. The Kier molecular flexibility index (Phi) is 15.2. The summed E-state index contributed by atoms with van der Waals surface area (Å²) in [5, 5.41) is 0. The first kappa shape index (κ1) is 24.7. The van der Waals surface area contributed by atoms with Gasteiger partial charge in [-0.15, -0.1) is 0 Å². The molecule has 1 heteroatoms. The van der Waals surface area contributed by atoms with Crippen LogP contribution < -0.4 is 0 Å². The molecular formula is C26H50O. The number of ketones is 1. The summed E-state index contributed by atoms with van der Waals surface area (Å²) in [4.78, 5) is 12.1. The fourth-order valence-electron chi connectivity index (χ4n) is 5.08. The molecule has 0 bridgehead atoms. The molecule has 1 fully saturated rings. The van der Waals surface area contributed by atoms with Gasteiger partial charge in [0.15, 0.2) is 0 Å². The number of unbranched alkanes of at least 4 members (excludes halogenated alkanes) is 14. The maximum atomic E-state index is 12.1. The van der Waals surface area contributed by atoms with Crippen LogP contribution in [-0.4, -0.2) is 5.78 Å². The maximum absolute atomic E-state index is 12.1. The van der Waals surface area contributed by atoms with Crippen molar-refractivity contribution in [1.29, 1.82) is 0 Å². The van der Waals surface area contributed by atoms with Gasteiger partial charge in [0.25, 0.3) is 0 Å². The lowest BCUT2D eigenvalue weighted by Gasteiger charge is -2.37. The standard InChI is InChI=1S/C26H50O/c1-3-5-7-9-11-13-15-17-21-26(23-19-20-25(27)24-26)22-18-16-14-12-10-8-6-4-2/h3-24H2,1-2H3. The van der Waals surface area contributed by atoms with E-state index in [0.29, 0.717) is 11.2 Å². The van der Waals surface area contributed by atoms with Crippen LogP contribution in [0.5, 0.6) is 0 Å². The zero-order valence-electron chi connectivity index (χ0n) is 19.0. The van der Waals surface area contributed by atoms with E-state index in [1.54, 1.807) is 0 Å². The first-order chi connectivity index (χ1) is 13.2. The topological polar surface area (TPSA) is 17.1 Å². The second kappa shape index (κ2) is 16.6. The highest BCUT2D eigenvalue weighted by atomic mass is 16.1. The molecular weight excluding hydrogens is 328 g/mol. The molecule has 1 aliphatic rings. The first-order valence-electron chi connectivity index (χ1n) is 12.7. The molecule has 0 radical (unpaired) electrons. The highest BCUT2D eigenvalue weighted by molar-refractivity contribution is 5.79. The van der Waals surface area contributed by atoms with E-state index in [9.17, 15) is 4.79 Å². The molecule has 27 heavy (non-hydrogen) atoms. The molecule has 1 saturated carbocycles. The minimum absolute atomic E-state index is 0.389. The van der Waals surface area contributed by atoms with Crippen molar-refractivity contribution in [3.8, 4) is 0 Å². The van der Waals surface area contributed by atoms with Crippen LogP contribution in [0.25, 0.3) is 0 Å². The van der Waals surface area contributed by atoms with Crippen molar-refractivity contribution in [3.63, 3.8) is 0 Å². The van der Waals surface area contributed by atoms with Gasteiger partial charge in [0.05, 0.1) is 0 Å². The molecule has 0 saturated heterocycles. The van der Waals surface area contributed by atoms with E-state index in [1.165, 1.54) is 122 Å². The summed E-state index contributed by atoms with van der Waals surface area (Å²) in [5.74, 6) is 0.556. The molecule has 0 spiro atoms. The fourth-order valence-corrected chi connectivity index (χ4v) is 5.08. The molecule has 0 unspecified atom stereocenters. The molecule has 0 atom stereocenters. The highest BCUT2D eigenvalue weighted by Gasteiger charge is 2.34. The zero-order valence-corrected chi connectivity index (χ0v) is 19.0. The van der Waals surface area contributed by atoms with Crippen LogP contribution in [0.4, 0.5) is 0 Å². The van der Waals surface area contributed by atoms with Crippen LogP contribution in [0.15, 0.2) is 0 Å². The summed E-state index contributed by atoms with van der Waals surface area (Å²) < 4.78 is 0. The quantitative estimate of drug-likeness (QED) is 0.217. The lowest BCUT2D eigenvalue weighted by Crippen LogP contribution is -2.29. The molecule has 0 heterocycles. The summed E-state index contributed by atoms with van der Waals surface area (Å²) in [6.45, 7) is 4.58. The predicted octanol–water partition coefficient (Wildman–Crippen LogP) is 9.18. The van der Waals surface area contributed by atoms with Crippen LogP contribution in [0.2, 0.25) is 0 Å². The Hall–Kier alpha value is -0.330. The van der Waals surface area contributed by atoms with Gasteiger partial charge >= 0.3 is 0 Å². The average Bonchev–Trinajstić information content (AvgIpc) is 2.66. The summed E-state index contributed by atoms with van der Waals surface area (Å²) >= 11 is 0. The van der Waals surface area contributed by atoms with Crippen LogP contribution in [0, 0.1) is 5.41 Å². The molecule has 0 aromatic carbocycles. The average molecular weight is 379 g/mol. The van der Waals surface area contributed by atoms with Gasteiger partial charge < -0.3 is 0 Å². The molecule has 160 valence electrons. The number of Topliss-reactive ketones (excluding diaryl/α,β-unsaturated/α-hetero) is 1. The van der Waals surface area contributed by atoms with Crippen LogP contribution in [0.3, 0.4) is 0 Å². The van der Waals surface area contributed by atoms with E-state index in [-0.39, 0.29) is 0 Å². The van der Waals surface area contributed by atoms with Crippen LogP contribution in [-0.2, 0) is 4.79 Å². The predicted molar refractivity (Wildman–Crippen MR) is 120 cm³/mol. The fraction of sp³-hybridized carbons (Fsp3) is 0.962. The molecule has 0 N–H and O–H groups in total. The highest BCUT2D eigenvalue weighted by Crippen LogP contribution is 2.43. The number of rotatable bonds is 18. The van der Waals surface area contributed by atoms with Gasteiger partial charge in [-0.25, -0.2) is 0 Å². The van der Waals surface area contributed by atoms with Crippen molar-refractivity contribution in [2.24, 2.45) is 5.41 Å². The van der Waals surface area contributed by atoms with Crippen LogP contribution >= 0.6 is 0 Å². The minimum atomic E-state index is 0.389. The van der Waals surface area contributed by atoms with Crippen LogP contribution in [0.1, 0.15) is 155 Å². The van der Waals surface area contributed by atoms with Crippen molar-refractivity contribution in [3.05, 3.63) is 0 Å². The normalized spacial score (nSPS) is 16.7. The SMILES string of the molecule is CCCCCCCCCCC1(CCCCCCCCCC)CCCC(=O)C1. The molecule has 1 aliphatic carbocycles. The van der Waals surface area contributed by atoms with Gasteiger partial charge in [0, 0.05) is 12.8 Å². The second-order valence-corrected chi connectivity index (χ2v) is 9.52. The second-order valence-electron chi connectivity index (χ2n) is 9.52. The third-order valence-corrected chi connectivity index (χ3v) is 6.86. The van der Waals surface area contributed by atoms with Crippen molar-refractivity contribution < 1.29 is 4.79 Å². The Morgan fingerprint density at radius 3 is 1.44 bits per heavy atom. The Balaban J connectivity index is 2.18. The summed E-state index contributed by atoms with van der Waals surface area (Å²) in [5.41, 5.74) is 0.389. The van der Waals surface area contributed by atoms with E-state index in [1.807, 2.05) is 0 Å². The van der Waals surface area contributed by atoms with E-state index in [0.717, 1.165) is 19.3 Å². The largest absolute Gasteiger partial charge is 0.300 e. The Labute approximate surface area is 171 Å². The lowest BCUT2D eigenvalue weighted by atomic mass is 9.67. The van der Waals surface area contributed by atoms with E-state index in [2.05, 4.69) is 13.8 Å². The maximum Gasteiger partial charge on any atom is 0.133 e. The summed E-state index contributed by atoms with van der Waals surface area (Å²) in [6.07, 6.45) is 29.2. The lowest BCUT2D eigenvalue weighted by molar-refractivity contribution is -0.124. The van der Waals surface area contributed by atoms with Gasteiger partial charge in [-0.3, -0.25) is 4.79 Å². The Bertz CT molecular complexity index is 326. The number of carbonyl (C=O) groups is 1. The monoisotopic (exact) mass is 378 g/mol. The molecule has 0 aromatic heterocycles. The molecule has 0 amide bonds. The van der Waals surface area contributed by atoms with Gasteiger partial charge in [-0.05, 0) is 31.1 Å². The summed E-state index contributed by atoms with van der Waals surface area (Å²) in [7, 11) is 0. The third-order valence-electron chi connectivity index (χ3n) is 6.86. The van der Waals surface area contributed by atoms with Gasteiger partial charge in [-0.2, -0.15) is 0 Å². The number of carbonyl (C=O) groups excluding carboxylic acids is 1. The van der Waals surface area contributed by atoms with Gasteiger partial charge in [0.1, 0.15) is 5.78 Å². The van der Waals surface area contributed by atoms with Crippen molar-refractivity contribution in [2.45, 2.75) is 155 Å². The molecule has 1 nitrogen and oxygen atoms in total. The smallest absolute Gasteiger partial charge is 0.133 e. The number of hydrogen-bond donors (Lipinski definition) is 0. The Morgan fingerprint density at radius 1 is 0.630 bits per heavy atom. The molecule has 0 aromatic rings. The number of hydrogen-bond acceptors (Lipinski definition) is 1. The summed E-state index contributed by atoms with van der Waals surface area (Å²) in [6, 6.07) is 0. The van der Waals surface area contributed by atoms with Crippen molar-refractivity contribution >= 4 is 5.78 Å². The van der Waals surface area contributed by atoms with E-state index >= 15 is 0 Å². The van der Waals surface area contributed by atoms with Gasteiger partial charge in [0.2, 0.25) is 0 Å². The first-order valence-corrected chi connectivity index (χ1v) is 12.7. The van der Waals surface area contributed by atoms with Gasteiger partial charge in [-0.1, -0.05) is 117 Å². The van der Waals surface area contributed by atoms with E-state index < -0.39 is 0 Å². The molecule has 1 rings (SSSR count). The van der Waals surface area contributed by atoms with E-state index in [4.69, 9.17) is 0 Å².